The minimum Gasteiger partial charge on any atom is -0.481 e. The summed E-state index contributed by atoms with van der Waals surface area (Å²) in [6.45, 7) is 2.57. The third-order valence-corrected chi connectivity index (χ3v) is 3.66. The molecule has 108 valence electrons. The van der Waals surface area contributed by atoms with Gasteiger partial charge in [-0.05, 0) is 18.1 Å². The monoisotopic (exact) mass is 285 g/mol. The maximum absolute atomic E-state index is 11.6. The van der Waals surface area contributed by atoms with Crippen LogP contribution in [0, 0.1) is 6.92 Å². The molecule has 6 heteroatoms. The summed E-state index contributed by atoms with van der Waals surface area (Å²) >= 11 is 0. The number of aromatic amines is 1. The molecule has 6 nitrogen and oxygen atoms in total. The van der Waals surface area contributed by atoms with E-state index in [-0.39, 0.29) is 5.56 Å². The number of nitrogens with zero attached hydrogens (tertiary/aromatic N) is 2. The Hall–Kier alpha value is -2.63. The third-order valence-electron chi connectivity index (χ3n) is 3.66. The molecule has 3 rings (SSSR count). The molecular formula is C15H15N3O3. The van der Waals surface area contributed by atoms with Crippen molar-refractivity contribution in [3.63, 3.8) is 0 Å². The van der Waals surface area contributed by atoms with E-state index in [1.165, 1.54) is 6.07 Å². The van der Waals surface area contributed by atoms with Crippen molar-refractivity contribution in [3.8, 4) is 0 Å². The van der Waals surface area contributed by atoms with Crippen LogP contribution in [0.3, 0.4) is 0 Å². The van der Waals surface area contributed by atoms with Gasteiger partial charge in [-0.15, -0.1) is 0 Å². The summed E-state index contributed by atoms with van der Waals surface area (Å²) in [5, 5.41) is 9.44. The number of carboxylic acid groups (broad SMARTS) is 1. The number of carbonyl (C=O) groups is 1. The topological polar surface area (TPSA) is 86.3 Å². The van der Waals surface area contributed by atoms with E-state index in [1.807, 2.05) is 29.2 Å². The Kier molecular flexibility index (Phi) is 3.21. The van der Waals surface area contributed by atoms with E-state index >= 15 is 0 Å². The molecule has 1 aliphatic heterocycles. The van der Waals surface area contributed by atoms with Crippen molar-refractivity contribution >= 4 is 11.8 Å². The van der Waals surface area contributed by atoms with Crippen LogP contribution in [0.15, 0.2) is 35.1 Å². The van der Waals surface area contributed by atoms with Crippen molar-refractivity contribution in [2.45, 2.75) is 19.4 Å². The maximum Gasteiger partial charge on any atom is 0.312 e. The van der Waals surface area contributed by atoms with Gasteiger partial charge in [-0.2, -0.15) is 0 Å². The van der Waals surface area contributed by atoms with E-state index in [2.05, 4.69) is 9.97 Å². The maximum atomic E-state index is 11.6. The summed E-state index contributed by atoms with van der Waals surface area (Å²) in [5.41, 5.74) is 1.56. The first kappa shape index (κ1) is 13.4. The van der Waals surface area contributed by atoms with Gasteiger partial charge in [0.05, 0.1) is 5.92 Å². The molecule has 2 N–H and O–H groups in total. The predicted octanol–water partition coefficient (Wildman–Crippen LogP) is 1.27. The van der Waals surface area contributed by atoms with E-state index in [4.69, 9.17) is 0 Å². The zero-order chi connectivity index (χ0) is 15.0. The zero-order valence-electron chi connectivity index (χ0n) is 11.5. The van der Waals surface area contributed by atoms with Gasteiger partial charge in [0.2, 0.25) is 0 Å². The zero-order valence-corrected chi connectivity index (χ0v) is 11.5. The lowest BCUT2D eigenvalue weighted by molar-refractivity contribution is -0.138. The van der Waals surface area contributed by atoms with Crippen LogP contribution in [0.1, 0.15) is 22.9 Å². The number of aliphatic carboxylic acids is 1. The quantitative estimate of drug-likeness (QED) is 0.867. The number of H-pyrrole nitrogens is 1. The van der Waals surface area contributed by atoms with Crippen molar-refractivity contribution in [1.29, 1.82) is 0 Å². The second-order valence-electron chi connectivity index (χ2n) is 5.16. The van der Waals surface area contributed by atoms with Gasteiger partial charge in [-0.3, -0.25) is 9.59 Å². The summed E-state index contributed by atoms with van der Waals surface area (Å²) in [5.74, 6) is -0.453. The van der Waals surface area contributed by atoms with E-state index in [0.29, 0.717) is 24.7 Å². The van der Waals surface area contributed by atoms with Crippen LogP contribution >= 0.6 is 0 Å². The van der Waals surface area contributed by atoms with Crippen molar-refractivity contribution < 1.29 is 9.90 Å². The molecule has 0 radical (unpaired) electrons. The first-order valence-corrected chi connectivity index (χ1v) is 6.68. The Balaban J connectivity index is 2.03. The smallest absolute Gasteiger partial charge is 0.312 e. The highest BCUT2D eigenvalue weighted by Crippen LogP contribution is 2.30. The number of aromatic nitrogens is 2. The van der Waals surface area contributed by atoms with Crippen molar-refractivity contribution in [1.82, 2.24) is 9.97 Å². The molecular weight excluding hydrogens is 270 g/mol. The van der Waals surface area contributed by atoms with Crippen LogP contribution in [0.5, 0.6) is 0 Å². The van der Waals surface area contributed by atoms with Gasteiger partial charge in [-0.25, -0.2) is 4.98 Å². The molecule has 0 saturated heterocycles. The Bertz CT molecular complexity index is 754. The number of hydrogen-bond donors (Lipinski definition) is 2. The van der Waals surface area contributed by atoms with Gasteiger partial charge in [0.15, 0.2) is 0 Å². The van der Waals surface area contributed by atoms with Crippen LogP contribution in [-0.4, -0.2) is 27.6 Å². The minimum absolute atomic E-state index is 0.233. The number of carboxylic acids is 1. The average Bonchev–Trinajstić information content (AvgIpc) is 2.45. The molecule has 2 aromatic rings. The minimum atomic E-state index is -0.867. The first-order chi connectivity index (χ1) is 10.0. The number of aryl methyl sites for hydroxylation is 1. The van der Waals surface area contributed by atoms with Gasteiger partial charge in [0, 0.05) is 19.2 Å². The number of hydrogen-bond acceptors (Lipinski definition) is 4. The highest BCUT2D eigenvalue weighted by atomic mass is 16.4. The van der Waals surface area contributed by atoms with Crippen LogP contribution < -0.4 is 10.5 Å². The first-order valence-electron chi connectivity index (χ1n) is 6.68. The Morgan fingerprint density at radius 1 is 1.43 bits per heavy atom. The number of anilines is 1. The van der Waals surface area contributed by atoms with E-state index in [9.17, 15) is 14.7 Å². The number of nitrogens with one attached hydrogen (secondary N) is 1. The van der Waals surface area contributed by atoms with E-state index in [1.54, 1.807) is 6.92 Å². The molecule has 1 aliphatic rings. The average molecular weight is 285 g/mol. The lowest BCUT2D eigenvalue weighted by atomic mass is 9.90. The molecule has 1 aromatic carbocycles. The molecule has 2 heterocycles. The van der Waals surface area contributed by atoms with Crippen LogP contribution in [0.25, 0.3) is 0 Å². The lowest BCUT2D eigenvalue weighted by Gasteiger charge is -2.33. The highest BCUT2D eigenvalue weighted by Gasteiger charge is 2.30. The molecule has 0 bridgehead atoms. The summed E-state index contributed by atoms with van der Waals surface area (Å²) in [4.78, 5) is 31.8. The molecule has 0 amide bonds. The number of fused-ring (bicyclic) bond motifs is 1. The largest absolute Gasteiger partial charge is 0.481 e. The summed E-state index contributed by atoms with van der Waals surface area (Å²) < 4.78 is 0. The third kappa shape index (κ3) is 2.52. The molecule has 0 aliphatic carbocycles. The Morgan fingerprint density at radius 2 is 2.19 bits per heavy atom. The second kappa shape index (κ2) is 5.05. The molecule has 1 atom stereocenters. The Labute approximate surface area is 121 Å². The molecule has 21 heavy (non-hydrogen) atoms. The van der Waals surface area contributed by atoms with Crippen molar-refractivity contribution in [3.05, 3.63) is 57.6 Å². The second-order valence-corrected chi connectivity index (χ2v) is 5.16. The molecule has 0 spiro atoms. The number of benzene rings is 1. The van der Waals surface area contributed by atoms with Gasteiger partial charge in [0.1, 0.15) is 11.6 Å². The van der Waals surface area contributed by atoms with Gasteiger partial charge in [-0.1, -0.05) is 24.3 Å². The van der Waals surface area contributed by atoms with Crippen molar-refractivity contribution in [2.24, 2.45) is 0 Å². The highest BCUT2D eigenvalue weighted by molar-refractivity contribution is 5.78. The van der Waals surface area contributed by atoms with Gasteiger partial charge < -0.3 is 15.0 Å². The van der Waals surface area contributed by atoms with Crippen LogP contribution in [0.4, 0.5) is 5.82 Å². The van der Waals surface area contributed by atoms with E-state index in [0.717, 1.165) is 11.1 Å². The van der Waals surface area contributed by atoms with E-state index < -0.39 is 11.9 Å². The lowest BCUT2D eigenvalue weighted by Crippen LogP contribution is -2.38. The van der Waals surface area contributed by atoms with Gasteiger partial charge in [0.25, 0.3) is 5.56 Å². The SMILES string of the molecule is Cc1nc(N2Cc3ccccc3C(C(=O)O)C2)cc(=O)[nH]1. The molecule has 1 aromatic heterocycles. The fourth-order valence-corrected chi connectivity index (χ4v) is 2.72. The molecule has 0 fully saturated rings. The standard InChI is InChI=1S/C15H15N3O3/c1-9-16-13(6-14(19)17-9)18-7-10-4-2-3-5-11(10)12(8-18)15(20)21/h2-6,12H,7-8H2,1H3,(H,20,21)(H,16,17,19). The van der Waals surface area contributed by atoms with Gasteiger partial charge >= 0.3 is 5.97 Å². The number of rotatable bonds is 2. The molecule has 0 saturated carbocycles. The van der Waals surface area contributed by atoms with Crippen molar-refractivity contribution in [2.75, 3.05) is 11.4 Å². The predicted molar refractivity (Wildman–Crippen MR) is 77.5 cm³/mol. The summed E-state index contributed by atoms with van der Waals surface area (Å²) in [6.07, 6.45) is 0. The summed E-state index contributed by atoms with van der Waals surface area (Å²) in [6, 6.07) is 8.90. The van der Waals surface area contributed by atoms with Crippen LogP contribution in [0.2, 0.25) is 0 Å². The van der Waals surface area contributed by atoms with Crippen LogP contribution in [-0.2, 0) is 11.3 Å². The summed E-state index contributed by atoms with van der Waals surface area (Å²) in [7, 11) is 0. The fourth-order valence-electron chi connectivity index (χ4n) is 2.72. The fraction of sp³-hybridized carbons (Fsp3) is 0.267. The normalized spacial score (nSPS) is 17.4. The Morgan fingerprint density at radius 3 is 2.90 bits per heavy atom. The molecule has 1 unspecified atom stereocenters.